The zero-order valence-electron chi connectivity index (χ0n) is 15.5. The van der Waals surface area contributed by atoms with E-state index < -0.39 is 5.97 Å². The Morgan fingerprint density at radius 1 is 1.19 bits per heavy atom. The number of furan rings is 1. The average Bonchev–Trinajstić information content (AvgIpc) is 3.01. The standard InChI is InChI=1S/C19H24N2O5/c1-5-21(11-16-10-17(13(2)26-16)19(23)25-4)12-18(22)20-14-6-8-15(24-3)9-7-14/h6-10H,5,11-12H2,1-4H3,(H,20,22). The molecule has 1 heterocycles. The Bertz CT molecular complexity index is 752. The fourth-order valence-electron chi connectivity index (χ4n) is 2.51. The number of carbonyl (C=O) groups excluding carboxylic acids is 2. The van der Waals surface area contributed by atoms with Crippen LogP contribution in [0.2, 0.25) is 0 Å². The van der Waals surface area contributed by atoms with Crippen molar-refractivity contribution in [3.8, 4) is 5.75 Å². The van der Waals surface area contributed by atoms with Crippen molar-refractivity contribution in [3.63, 3.8) is 0 Å². The van der Waals surface area contributed by atoms with Crippen LogP contribution in [-0.2, 0) is 16.1 Å². The Balaban J connectivity index is 1.95. The lowest BCUT2D eigenvalue weighted by molar-refractivity contribution is -0.117. The summed E-state index contributed by atoms with van der Waals surface area (Å²) in [4.78, 5) is 25.8. The number of esters is 1. The zero-order valence-corrected chi connectivity index (χ0v) is 15.5. The highest BCUT2D eigenvalue weighted by Gasteiger charge is 2.18. The van der Waals surface area contributed by atoms with E-state index in [1.807, 2.05) is 11.8 Å². The molecule has 1 amide bonds. The van der Waals surface area contributed by atoms with Crippen molar-refractivity contribution in [3.05, 3.63) is 47.4 Å². The van der Waals surface area contributed by atoms with Crippen LogP contribution in [0, 0.1) is 6.92 Å². The van der Waals surface area contributed by atoms with Crippen molar-refractivity contribution in [2.45, 2.75) is 20.4 Å². The topological polar surface area (TPSA) is 81.0 Å². The number of hydrogen-bond donors (Lipinski definition) is 1. The smallest absolute Gasteiger partial charge is 0.341 e. The van der Waals surface area contributed by atoms with Gasteiger partial charge in [-0.1, -0.05) is 6.92 Å². The number of likely N-dealkylation sites (N-methyl/N-ethyl adjacent to an activating group) is 1. The molecule has 2 aromatic rings. The third kappa shape index (κ3) is 5.10. The predicted octanol–water partition coefficient (Wildman–Crippen LogP) is 2.84. The summed E-state index contributed by atoms with van der Waals surface area (Å²) in [5.74, 6) is 1.28. The molecular formula is C19H24N2O5. The highest BCUT2D eigenvalue weighted by atomic mass is 16.5. The van der Waals surface area contributed by atoms with Gasteiger partial charge in [0.25, 0.3) is 0 Å². The van der Waals surface area contributed by atoms with Gasteiger partial charge in [0.15, 0.2) is 0 Å². The second-order valence-corrected chi connectivity index (χ2v) is 5.75. The van der Waals surface area contributed by atoms with E-state index in [0.717, 1.165) is 5.75 Å². The number of aryl methyl sites for hydroxylation is 1. The number of nitrogens with zero attached hydrogens (tertiary/aromatic N) is 1. The predicted molar refractivity (Wildman–Crippen MR) is 97.4 cm³/mol. The Hall–Kier alpha value is -2.80. The summed E-state index contributed by atoms with van der Waals surface area (Å²) < 4.78 is 15.4. The van der Waals surface area contributed by atoms with Crippen LogP contribution in [0.5, 0.6) is 5.75 Å². The van der Waals surface area contributed by atoms with Crippen LogP contribution in [0.1, 0.15) is 28.8 Å². The molecule has 26 heavy (non-hydrogen) atoms. The molecule has 0 aliphatic heterocycles. The molecule has 0 fully saturated rings. The van der Waals surface area contributed by atoms with Crippen molar-refractivity contribution in [2.75, 3.05) is 32.6 Å². The lowest BCUT2D eigenvalue weighted by Crippen LogP contribution is -2.32. The monoisotopic (exact) mass is 360 g/mol. The van der Waals surface area contributed by atoms with Gasteiger partial charge in [0, 0.05) is 5.69 Å². The Morgan fingerprint density at radius 3 is 2.46 bits per heavy atom. The number of carbonyl (C=O) groups is 2. The fraction of sp³-hybridized carbons (Fsp3) is 0.368. The maximum absolute atomic E-state index is 12.3. The highest BCUT2D eigenvalue weighted by Crippen LogP contribution is 2.18. The summed E-state index contributed by atoms with van der Waals surface area (Å²) in [6.07, 6.45) is 0. The first-order valence-electron chi connectivity index (χ1n) is 8.30. The van der Waals surface area contributed by atoms with Crippen LogP contribution in [0.15, 0.2) is 34.7 Å². The van der Waals surface area contributed by atoms with Gasteiger partial charge in [0.05, 0.1) is 27.3 Å². The van der Waals surface area contributed by atoms with Gasteiger partial charge in [-0.2, -0.15) is 0 Å². The van der Waals surface area contributed by atoms with Gasteiger partial charge in [-0.15, -0.1) is 0 Å². The summed E-state index contributed by atoms with van der Waals surface area (Å²) in [7, 11) is 2.92. The maximum atomic E-state index is 12.3. The quantitative estimate of drug-likeness (QED) is 0.729. The summed E-state index contributed by atoms with van der Waals surface area (Å²) in [5.41, 5.74) is 1.11. The summed E-state index contributed by atoms with van der Waals surface area (Å²) in [6.45, 7) is 4.95. The molecule has 7 heteroatoms. The third-order valence-electron chi connectivity index (χ3n) is 3.94. The molecule has 140 valence electrons. The highest BCUT2D eigenvalue weighted by molar-refractivity contribution is 5.92. The Kier molecular flexibility index (Phi) is 6.80. The first-order chi connectivity index (χ1) is 12.5. The molecule has 0 radical (unpaired) electrons. The van der Waals surface area contributed by atoms with Gasteiger partial charge >= 0.3 is 5.97 Å². The molecule has 0 spiro atoms. The number of anilines is 1. The number of benzene rings is 1. The maximum Gasteiger partial charge on any atom is 0.341 e. The SMILES string of the molecule is CCN(CC(=O)Nc1ccc(OC)cc1)Cc1cc(C(=O)OC)c(C)o1. The molecule has 2 rings (SSSR count). The number of methoxy groups -OCH3 is 2. The summed E-state index contributed by atoms with van der Waals surface area (Å²) in [6, 6.07) is 8.79. The van der Waals surface area contributed by atoms with Gasteiger partial charge < -0.3 is 19.2 Å². The van der Waals surface area contributed by atoms with Gasteiger partial charge in [-0.05, 0) is 43.8 Å². The van der Waals surface area contributed by atoms with Crippen LogP contribution >= 0.6 is 0 Å². The molecule has 1 aromatic carbocycles. The Morgan fingerprint density at radius 2 is 1.88 bits per heavy atom. The minimum Gasteiger partial charge on any atom is -0.497 e. The minimum absolute atomic E-state index is 0.131. The van der Waals surface area contributed by atoms with Gasteiger partial charge in [-0.3, -0.25) is 9.69 Å². The molecule has 0 bridgehead atoms. The van der Waals surface area contributed by atoms with E-state index in [2.05, 4.69) is 5.32 Å². The van der Waals surface area contributed by atoms with Crippen LogP contribution in [-0.4, -0.2) is 44.1 Å². The molecule has 0 aliphatic carbocycles. The molecular weight excluding hydrogens is 336 g/mol. The molecule has 0 aliphatic rings. The average molecular weight is 360 g/mol. The van der Waals surface area contributed by atoms with Gasteiger partial charge in [0.1, 0.15) is 22.8 Å². The number of hydrogen-bond acceptors (Lipinski definition) is 6. The number of amides is 1. The molecule has 0 unspecified atom stereocenters. The van der Waals surface area contributed by atoms with E-state index in [0.29, 0.717) is 35.9 Å². The molecule has 0 saturated carbocycles. The van der Waals surface area contributed by atoms with E-state index in [1.165, 1.54) is 7.11 Å². The first kappa shape index (κ1) is 19.5. The normalized spacial score (nSPS) is 10.7. The van der Waals surface area contributed by atoms with Crippen LogP contribution in [0.4, 0.5) is 5.69 Å². The van der Waals surface area contributed by atoms with Crippen LogP contribution in [0.3, 0.4) is 0 Å². The van der Waals surface area contributed by atoms with Crippen LogP contribution < -0.4 is 10.1 Å². The van der Waals surface area contributed by atoms with Crippen molar-refractivity contribution in [1.29, 1.82) is 0 Å². The van der Waals surface area contributed by atoms with E-state index in [4.69, 9.17) is 13.9 Å². The van der Waals surface area contributed by atoms with Crippen molar-refractivity contribution >= 4 is 17.6 Å². The van der Waals surface area contributed by atoms with Crippen LogP contribution in [0.25, 0.3) is 0 Å². The lowest BCUT2D eigenvalue weighted by atomic mass is 10.2. The van der Waals surface area contributed by atoms with E-state index in [1.54, 1.807) is 44.4 Å². The van der Waals surface area contributed by atoms with E-state index in [9.17, 15) is 9.59 Å². The minimum atomic E-state index is -0.433. The molecule has 0 atom stereocenters. The zero-order chi connectivity index (χ0) is 19.1. The third-order valence-corrected chi connectivity index (χ3v) is 3.94. The number of rotatable bonds is 8. The number of nitrogens with one attached hydrogen (secondary N) is 1. The van der Waals surface area contributed by atoms with Crippen molar-refractivity contribution in [2.24, 2.45) is 0 Å². The number of ether oxygens (including phenoxy) is 2. The lowest BCUT2D eigenvalue weighted by Gasteiger charge is -2.18. The van der Waals surface area contributed by atoms with Gasteiger partial charge in [0.2, 0.25) is 5.91 Å². The van der Waals surface area contributed by atoms with Gasteiger partial charge in [-0.25, -0.2) is 4.79 Å². The molecule has 1 aromatic heterocycles. The molecule has 1 N–H and O–H groups in total. The molecule has 7 nitrogen and oxygen atoms in total. The summed E-state index contributed by atoms with van der Waals surface area (Å²) in [5, 5.41) is 2.85. The fourth-order valence-corrected chi connectivity index (χ4v) is 2.51. The van der Waals surface area contributed by atoms with E-state index >= 15 is 0 Å². The second-order valence-electron chi connectivity index (χ2n) is 5.75. The summed E-state index contributed by atoms with van der Waals surface area (Å²) >= 11 is 0. The largest absolute Gasteiger partial charge is 0.497 e. The Labute approximate surface area is 152 Å². The molecule has 0 saturated heterocycles. The van der Waals surface area contributed by atoms with E-state index in [-0.39, 0.29) is 12.5 Å². The first-order valence-corrected chi connectivity index (χ1v) is 8.30. The van der Waals surface area contributed by atoms with Crippen molar-refractivity contribution in [1.82, 2.24) is 4.90 Å². The second kappa shape index (κ2) is 9.05. The van der Waals surface area contributed by atoms with Crippen molar-refractivity contribution < 1.29 is 23.5 Å².